The quantitative estimate of drug-likeness (QED) is 0.617. The number of methoxy groups -OCH3 is 1. The number of ether oxygens (including phenoxy) is 2. The number of nitrogens with zero attached hydrogens (tertiary/aromatic N) is 1. The predicted octanol–water partition coefficient (Wildman–Crippen LogP) is 3.10. The largest absolute Gasteiger partial charge is 0.464 e. The molecule has 0 aliphatic heterocycles. The predicted molar refractivity (Wildman–Crippen MR) is 102 cm³/mol. The summed E-state index contributed by atoms with van der Waals surface area (Å²) in [4.78, 5) is 40.4. The van der Waals surface area contributed by atoms with Gasteiger partial charge in [-0.15, -0.1) is 0 Å². The molecule has 1 rings (SSSR count). The molecule has 0 unspecified atom stereocenters. The molecule has 0 bridgehead atoms. The number of amides is 2. The second-order valence-corrected chi connectivity index (χ2v) is 7.82. The smallest absolute Gasteiger partial charge is 0.412 e. The fraction of sp³-hybridized carbons (Fsp3) is 0.474. The average molecular weight is 377 g/mol. The summed E-state index contributed by atoms with van der Waals surface area (Å²) in [5.74, 6) is -0.752. The number of hydrogen-bond acceptors (Lipinski definition) is 6. The van der Waals surface area contributed by atoms with E-state index < -0.39 is 23.1 Å². The average Bonchev–Trinajstić information content (AvgIpc) is 2.52. The SMILES string of the molecule is COC(=O)/C(=C\c1cccnc1NC(=O)C(C)(C)C)NC(=O)OC(C)(C)C. The van der Waals surface area contributed by atoms with Crippen molar-refractivity contribution in [1.82, 2.24) is 10.3 Å². The molecule has 0 saturated carbocycles. The molecule has 0 radical (unpaired) electrons. The summed E-state index contributed by atoms with van der Waals surface area (Å²) in [6.45, 7) is 10.4. The number of aromatic nitrogens is 1. The van der Waals surface area contributed by atoms with E-state index in [1.807, 2.05) is 0 Å². The molecule has 0 aromatic carbocycles. The van der Waals surface area contributed by atoms with E-state index in [9.17, 15) is 14.4 Å². The zero-order valence-corrected chi connectivity index (χ0v) is 16.8. The van der Waals surface area contributed by atoms with Crippen LogP contribution in [0.4, 0.5) is 10.6 Å². The number of rotatable bonds is 4. The lowest BCUT2D eigenvalue weighted by atomic mass is 9.95. The fourth-order valence-electron chi connectivity index (χ4n) is 1.76. The Labute approximate surface area is 159 Å². The molecule has 1 heterocycles. The number of pyridine rings is 1. The van der Waals surface area contributed by atoms with Crippen LogP contribution in [0, 0.1) is 5.41 Å². The Hall–Kier alpha value is -2.90. The van der Waals surface area contributed by atoms with E-state index in [4.69, 9.17) is 9.47 Å². The minimum atomic E-state index is -0.802. The lowest BCUT2D eigenvalue weighted by Gasteiger charge is -2.20. The van der Waals surface area contributed by atoms with Crippen LogP contribution < -0.4 is 10.6 Å². The van der Waals surface area contributed by atoms with Crippen LogP contribution in [0.25, 0.3) is 6.08 Å². The number of hydrogen-bond donors (Lipinski definition) is 2. The molecule has 0 aliphatic rings. The van der Waals surface area contributed by atoms with E-state index in [2.05, 4.69) is 15.6 Å². The molecule has 1 aromatic heterocycles. The number of carbonyl (C=O) groups is 3. The Morgan fingerprint density at radius 1 is 1.11 bits per heavy atom. The van der Waals surface area contributed by atoms with Crippen molar-refractivity contribution >= 4 is 29.9 Å². The summed E-state index contributed by atoms with van der Waals surface area (Å²) in [5.41, 5.74) is -1.08. The molecule has 1 aromatic rings. The highest BCUT2D eigenvalue weighted by Crippen LogP contribution is 2.20. The zero-order valence-electron chi connectivity index (χ0n) is 16.8. The normalized spacial score (nSPS) is 12.2. The Bertz CT molecular complexity index is 742. The number of alkyl carbamates (subject to hydrolysis) is 1. The number of anilines is 1. The Balaban J connectivity index is 3.19. The van der Waals surface area contributed by atoms with Gasteiger partial charge in [0.05, 0.1) is 7.11 Å². The molecule has 2 N–H and O–H groups in total. The molecule has 8 heteroatoms. The summed E-state index contributed by atoms with van der Waals surface area (Å²) in [6.07, 6.45) is 2.07. The first kappa shape index (κ1) is 22.1. The van der Waals surface area contributed by atoms with Crippen molar-refractivity contribution in [3.8, 4) is 0 Å². The van der Waals surface area contributed by atoms with Crippen molar-refractivity contribution in [1.29, 1.82) is 0 Å². The lowest BCUT2D eigenvalue weighted by Crippen LogP contribution is -2.34. The number of nitrogens with one attached hydrogen (secondary N) is 2. The van der Waals surface area contributed by atoms with Crippen LogP contribution in [0.15, 0.2) is 24.0 Å². The van der Waals surface area contributed by atoms with Gasteiger partial charge in [-0.05, 0) is 39.0 Å². The molecule has 0 saturated heterocycles. The molecule has 0 fully saturated rings. The third kappa shape index (κ3) is 7.47. The molecule has 2 amide bonds. The molecule has 0 aliphatic carbocycles. The van der Waals surface area contributed by atoms with Crippen LogP contribution in [0.3, 0.4) is 0 Å². The Kier molecular flexibility index (Phi) is 7.10. The Morgan fingerprint density at radius 3 is 2.26 bits per heavy atom. The molecule has 0 atom stereocenters. The monoisotopic (exact) mass is 377 g/mol. The van der Waals surface area contributed by atoms with Crippen LogP contribution in [0.1, 0.15) is 47.1 Å². The first-order chi connectivity index (χ1) is 12.3. The van der Waals surface area contributed by atoms with Crippen LogP contribution in [0.2, 0.25) is 0 Å². The highest BCUT2D eigenvalue weighted by molar-refractivity contribution is 5.99. The van der Waals surface area contributed by atoms with Gasteiger partial charge in [-0.3, -0.25) is 10.1 Å². The summed E-state index contributed by atoms with van der Waals surface area (Å²) in [5, 5.41) is 5.08. The van der Waals surface area contributed by atoms with Gasteiger partial charge >= 0.3 is 12.1 Å². The van der Waals surface area contributed by atoms with Crippen molar-refractivity contribution in [3.05, 3.63) is 29.6 Å². The molecular formula is C19H27N3O5. The second kappa shape index (κ2) is 8.66. The highest BCUT2D eigenvalue weighted by Gasteiger charge is 2.23. The van der Waals surface area contributed by atoms with Crippen molar-refractivity contribution < 1.29 is 23.9 Å². The van der Waals surface area contributed by atoms with E-state index in [0.717, 1.165) is 0 Å². The first-order valence-corrected chi connectivity index (χ1v) is 8.40. The van der Waals surface area contributed by atoms with Crippen LogP contribution in [-0.2, 0) is 19.1 Å². The second-order valence-electron chi connectivity index (χ2n) is 7.82. The molecular weight excluding hydrogens is 350 g/mol. The van der Waals surface area contributed by atoms with Gasteiger partial charge in [0, 0.05) is 17.2 Å². The van der Waals surface area contributed by atoms with E-state index in [-0.39, 0.29) is 17.4 Å². The van der Waals surface area contributed by atoms with Gasteiger partial charge in [0.1, 0.15) is 17.1 Å². The standard InChI is InChI=1S/C19H27N3O5/c1-18(2,3)16(24)22-14-12(9-8-10-20-14)11-13(15(23)26-7)21-17(25)27-19(4,5)6/h8-11H,1-7H3,(H,21,25)(H,20,22,24)/b13-11+. The van der Waals surface area contributed by atoms with Gasteiger partial charge < -0.3 is 14.8 Å². The van der Waals surface area contributed by atoms with Crippen molar-refractivity contribution in [2.45, 2.75) is 47.1 Å². The van der Waals surface area contributed by atoms with Crippen LogP contribution in [0.5, 0.6) is 0 Å². The minimum Gasteiger partial charge on any atom is -0.464 e. The summed E-state index contributed by atoms with van der Waals surface area (Å²) in [7, 11) is 1.19. The van der Waals surface area contributed by atoms with Crippen LogP contribution in [-0.4, -0.2) is 35.7 Å². The van der Waals surface area contributed by atoms with Gasteiger partial charge in [-0.25, -0.2) is 14.6 Å². The lowest BCUT2D eigenvalue weighted by molar-refractivity contribution is -0.136. The zero-order chi connectivity index (χ0) is 20.8. The van der Waals surface area contributed by atoms with Gasteiger partial charge in [0.15, 0.2) is 0 Å². The van der Waals surface area contributed by atoms with E-state index >= 15 is 0 Å². The van der Waals surface area contributed by atoms with Crippen molar-refractivity contribution in [2.24, 2.45) is 5.41 Å². The van der Waals surface area contributed by atoms with Crippen LogP contribution >= 0.6 is 0 Å². The van der Waals surface area contributed by atoms with E-state index in [1.54, 1.807) is 53.7 Å². The van der Waals surface area contributed by atoms with Gasteiger partial charge in [0.25, 0.3) is 0 Å². The maximum Gasteiger partial charge on any atom is 0.412 e. The van der Waals surface area contributed by atoms with Crippen molar-refractivity contribution in [3.63, 3.8) is 0 Å². The molecule has 148 valence electrons. The number of esters is 1. The third-order valence-electron chi connectivity index (χ3n) is 3.09. The molecule has 0 spiro atoms. The number of carbonyl (C=O) groups excluding carboxylic acids is 3. The molecule has 27 heavy (non-hydrogen) atoms. The maximum absolute atomic E-state index is 12.2. The molecule has 8 nitrogen and oxygen atoms in total. The Morgan fingerprint density at radius 2 is 1.74 bits per heavy atom. The van der Waals surface area contributed by atoms with Gasteiger partial charge in [0.2, 0.25) is 5.91 Å². The minimum absolute atomic E-state index is 0.147. The highest BCUT2D eigenvalue weighted by atomic mass is 16.6. The fourth-order valence-corrected chi connectivity index (χ4v) is 1.76. The van der Waals surface area contributed by atoms with E-state index in [1.165, 1.54) is 19.4 Å². The van der Waals surface area contributed by atoms with E-state index in [0.29, 0.717) is 5.56 Å². The summed E-state index contributed by atoms with van der Waals surface area (Å²) >= 11 is 0. The maximum atomic E-state index is 12.2. The topological polar surface area (TPSA) is 107 Å². The summed E-state index contributed by atoms with van der Waals surface area (Å²) in [6, 6.07) is 3.28. The van der Waals surface area contributed by atoms with Gasteiger partial charge in [-0.2, -0.15) is 0 Å². The summed E-state index contributed by atoms with van der Waals surface area (Å²) < 4.78 is 9.86. The third-order valence-corrected chi connectivity index (χ3v) is 3.09. The van der Waals surface area contributed by atoms with Gasteiger partial charge in [-0.1, -0.05) is 20.8 Å². The first-order valence-electron chi connectivity index (χ1n) is 8.40. The van der Waals surface area contributed by atoms with Crippen molar-refractivity contribution in [2.75, 3.05) is 12.4 Å².